The zero-order valence-corrected chi connectivity index (χ0v) is 14.9. The summed E-state index contributed by atoms with van der Waals surface area (Å²) < 4.78 is 1.17. The van der Waals surface area contributed by atoms with Crippen LogP contribution in [0.1, 0.15) is 52.0 Å². The van der Waals surface area contributed by atoms with Gasteiger partial charge in [-0.1, -0.05) is 61.7 Å². The fraction of sp³-hybridized carbons (Fsp3) is 0.667. The summed E-state index contributed by atoms with van der Waals surface area (Å²) in [7, 11) is 0. The smallest absolute Gasteiger partial charge is 0.0175 e. The lowest BCUT2D eigenvalue weighted by molar-refractivity contribution is 0.354. The van der Waals surface area contributed by atoms with Crippen LogP contribution in [0.25, 0.3) is 0 Å². The van der Waals surface area contributed by atoms with E-state index < -0.39 is 0 Å². The molecule has 0 saturated heterocycles. The Balaban J connectivity index is 2.53. The molecule has 20 heavy (non-hydrogen) atoms. The molecule has 114 valence electrons. The average molecular weight is 340 g/mol. The van der Waals surface area contributed by atoms with Gasteiger partial charge in [0.1, 0.15) is 0 Å². The van der Waals surface area contributed by atoms with E-state index in [9.17, 15) is 0 Å². The predicted molar refractivity (Wildman–Crippen MR) is 93.2 cm³/mol. The zero-order chi connectivity index (χ0) is 14.8. The van der Waals surface area contributed by atoms with Crippen LogP contribution in [0.5, 0.6) is 0 Å². The molecule has 0 heterocycles. The van der Waals surface area contributed by atoms with Crippen molar-refractivity contribution in [2.45, 2.75) is 52.9 Å². The van der Waals surface area contributed by atoms with Crippen molar-refractivity contribution in [2.75, 3.05) is 13.1 Å². The first kappa shape index (κ1) is 17.7. The Morgan fingerprint density at radius 2 is 1.80 bits per heavy atom. The van der Waals surface area contributed by atoms with E-state index in [4.69, 9.17) is 0 Å². The number of nitrogens with one attached hydrogen (secondary N) is 1. The minimum Gasteiger partial charge on any atom is -0.316 e. The summed E-state index contributed by atoms with van der Waals surface area (Å²) in [5.74, 6) is 1.59. The number of rotatable bonds is 10. The highest BCUT2D eigenvalue weighted by atomic mass is 79.9. The molecule has 0 spiro atoms. The Bertz CT molecular complexity index is 347. The number of hydrogen-bond acceptors (Lipinski definition) is 1. The molecular weight excluding hydrogens is 310 g/mol. The van der Waals surface area contributed by atoms with E-state index in [-0.39, 0.29) is 0 Å². The van der Waals surface area contributed by atoms with Crippen molar-refractivity contribution in [3.05, 3.63) is 34.3 Å². The van der Waals surface area contributed by atoms with E-state index in [0.29, 0.717) is 0 Å². The van der Waals surface area contributed by atoms with E-state index in [1.807, 2.05) is 0 Å². The quantitative estimate of drug-likeness (QED) is 0.560. The van der Waals surface area contributed by atoms with E-state index in [1.165, 1.54) is 42.1 Å². The minimum atomic E-state index is 0.754. The summed E-state index contributed by atoms with van der Waals surface area (Å²) in [6, 6.07) is 8.81. The molecule has 1 aromatic rings. The van der Waals surface area contributed by atoms with Gasteiger partial charge < -0.3 is 5.32 Å². The Morgan fingerprint density at radius 3 is 2.40 bits per heavy atom. The van der Waals surface area contributed by atoms with Gasteiger partial charge >= 0.3 is 0 Å². The highest BCUT2D eigenvalue weighted by Gasteiger charge is 2.13. The molecule has 0 aliphatic rings. The third-order valence-corrected chi connectivity index (χ3v) is 4.34. The van der Waals surface area contributed by atoms with Gasteiger partial charge in [-0.3, -0.25) is 0 Å². The lowest BCUT2D eigenvalue weighted by Gasteiger charge is -2.21. The topological polar surface area (TPSA) is 12.0 Å². The highest BCUT2D eigenvalue weighted by molar-refractivity contribution is 9.10. The number of benzene rings is 1. The molecule has 0 bridgehead atoms. The van der Waals surface area contributed by atoms with Gasteiger partial charge in [-0.25, -0.2) is 0 Å². The summed E-state index contributed by atoms with van der Waals surface area (Å²) in [5.41, 5.74) is 1.46. The van der Waals surface area contributed by atoms with Crippen LogP contribution in [-0.4, -0.2) is 13.1 Å². The van der Waals surface area contributed by atoms with Crippen LogP contribution in [0, 0.1) is 11.8 Å². The molecule has 0 aliphatic heterocycles. The molecule has 1 N–H and O–H groups in total. The second-order valence-electron chi connectivity index (χ2n) is 6.03. The normalized spacial score (nSPS) is 14.2. The molecular formula is C18H30BrN. The van der Waals surface area contributed by atoms with Crippen LogP contribution in [0.15, 0.2) is 28.7 Å². The molecule has 0 saturated carbocycles. The van der Waals surface area contributed by atoms with Crippen LogP contribution >= 0.6 is 15.9 Å². The maximum atomic E-state index is 3.60. The van der Waals surface area contributed by atoms with Crippen LogP contribution in [0.2, 0.25) is 0 Å². The third kappa shape index (κ3) is 7.44. The van der Waals surface area contributed by atoms with Gasteiger partial charge in [-0.15, -0.1) is 0 Å². The Hall–Kier alpha value is -0.340. The van der Waals surface area contributed by atoms with Crippen LogP contribution in [-0.2, 0) is 6.42 Å². The van der Waals surface area contributed by atoms with Crippen LogP contribution in [0.4, 0.5) is 0 Å². The second kappa shape index (κ2) is 10.4. The molecule has 0 aromatic heterocycles. The molecule has 1 nitrogen and oxygen atoms in total. The lowest BCUT2D eigenvalue weighted by Crippen LogP contribution is -2.26. The van der Waals surface area contributed by atoms with Crippen molar-refractivity contribution in [2.24, 2.45) is 11.8 Å². The highest BCUT2D eigenvalue weighted by Crippen LogP contribution is 2.21. The van der Waals surface area contributed by atoms with Crippen LogP contribution < -0.4 is 5.32 Å². The molecule has 0 fully saturated rings. The van der Waals surface area contributed by atoms with Gasteiger partial charge in [0.2, 0.25) is 0 Å². The summed E-state index contributed by atoms with van der Waals surface area (Å²) in [5, 5.41) is 3.60. The van der Waals surface area contributed by atoms with Crippen LogP contribution in [0.3, 0.4) is 0 Å². The molecule has 2 heteroatoms. The number of halogens is 1. The summed E-state index contributed by atoms with van der Waals surface area (Å²) >= 11 is 3.51. The SMILES string of the molecule is CCCNCC(Cc1ccc(Br)cc1)CC(C)CCC. The maximum Gasteiger partial charge on any atom is 0.0175 e. The van der Waals surface area contributed by atoms with Crippen molar-refractivity contribution in [1.82, 2.24) is 5.32 Å². The minimum absolute atomic E-state index is 0.754. The number of hydrogen-bond donors (Lipinski definition) is 1. The average Bonchev–Trinajstić information content (AvgIpc) is 2.42. The monoisotopic (exact) mass is 339 g/mol. The van der Waals surface area contributed by atoms with Crippen molar-refractivity contribution >= 4 is 15.9 Å². The van der Waals surface area contributed by atoms with Gasteiger partial charge in [0.05, 0.1) is 0 Å². The van der Waals surface area contributed by atoms with E-state index in [0.717, 1.165) is 24.9 Å². The standard InChI is InChI=1S/C18H30BrN/c1-4-6-15(3)12-17(14-20-11-5-2)13-16-7-9-18(19)10-8-16/h7-10,15,17,20H,4-6,11-14H2,1-3H3. The summed E-state index contributed by atoms with van der Waals surface area (Å²) in [4.78, 5) is 0. The predicted octanol–water partition coefficient (Wildman–Crippen LogP) is 5.43. The lowest BCUT2D eigenvalue weighted by atomic mass is 9.88. The molecule has 2 unspecified atom stereocenters. The maximum absolute atomic E-state index is 3.60. The summed E-state index contributed by atoms with van der Waals surface area (Å²) in [6.07, 6.45) is 6.40. The van der Waals surface area contributed by atoms with E-state index in [1.54, 1.807) is 0 Å². The van der Waals surface area contributed by atoms with Gasteiger partial charge in [0.15, 0.2) is 0 Å². The molecule has 0 radical (unpaired) electrons. The molecule has 1 rings (SSSR count). The Morgan fingerprint density at radius 1 is 1.10 bits per heavy atom. The Kier molecular flexibility index (Phi) is 9.21. The first-order chi connectivity index (χ1) is 9.65. The molecule has 0 amide bonds. The second-order valence-corrected chi connectivity index (χ2v) is 6.95. The van der Waals surface area contributed by atoms with Gasteiger partial charge in [0.25, 0.3) is 0 Å². The van der Waals surface area contributed by atoms with Crippen molar-refractivity contribution < 1.29 is 0 Å². The van der Waals surface area contributed by atoms with E-state index >= 15 is 0 Å². The van der Waals surface area contributed by atoms with E-state index in [2.05, 4.69) is 66.3 Å². The van der Waals surface area contributed by atoms with Crippen molar-refractivity contribution in [3.63, 3.8) is 0 Å². The molecule has 0 aliphatic carbocycles. The Labute approximate surface area is 133 Å². The fourth-order valence-electron chi connectivity index (χ4n) is 2.86. The zero-order valence-electron chi connectivity index (χ0n) is 13.3. The fourth-order valence-corrected chi connectivity index (χ4v) is 3.12. The van der Waals surface area contributed by atoms with Gasteiger partial charge in [0, 0.05) is 4.47 Å². The first-order valence-corrected chi connectivity index (χ1v) is 8.90. The largest absolute Gasteiger partial charge is 0.316 e. The molecule has 2 atom stereocenters. The van der Waals surface area contributed by atoms with Gasteiger partial charge in [-0.2, -0.15) is 0 Å². The third-order valence-electron chi connectivity index (χ3n) is 3.81. The van der Waals surface area contributed by atoms with Crippen molar-refractivity contribution in [1.29, 1.82) is 0 Å². The van der Waals surface area contributed by atoms with Gasteiger partial charge in [-0.05, 0) is 61.9 Å². The van der Waals surface area contributed by atoms with Crippen molar-refractivity contribution in [3.8, 4) is 0 Å². The molecule has 1 aromatic carbocycles. The first-order valence-electron chi connectivity index (χ1n) is 8.10. The summed E-state index contributed by atoms with van der Waals surface area (Å²) in [6.45, 7) is 9.21.